The molecule has 2 aromatic heterocycles. The minimum atomic E-state index is -0.673. The van der Waals surface area contributed by atoms with Crippen LogP contribution in [0.25, 0.3) is 10.9 Å². The molecule has 0 fully saturated rings. The SMILES string of the molecule is COC(=O)c1cncc2c1C[C@H]1c3[nH]c4ccccc4c3CCN1C[C@H]2O. The van der Waals surface area contributed by atoms with Gasteiger partial charge in [0.1, 0.15) is 0 Å². The first-order valence-electron chi connectivity index (χ1n) is 9.24. The van der Waals surface area contributed by atoms with E-state index in [0.717, 1.165) is 29.6 Å². The average Bonchev–Trinajstić information content (AvgIpc) is 3.00. The molecule has 0 saturated heterocycles. The molecular weight excluding hydrogens is 342 g/mol. The quantitative estimate of drug-likeness (QED) is 0.650. The number of carbonyl (C=O) groups excluding carboxylic acids is 1. The van der Waals surface area contributed by atoms with Gasteiger partial charge in [0.2, 0.25) is 0 Å². The summed E-state index contributed by atoms with van der Waals surface area (Å²) in [6.07, 6.45) is 4.13. The summed E-state index contributed by atoms with van der Waals surface area (Å²) in [6.45, 7) is 1.41. The Morgan fingerprint density at radius 1 is 1.30 bits per heavy atom. The first-order valence-corrected chi connectivity index (χ1v) is 9.24. The zero-order valence-corrected chi connectivity index (χ0v) is 15.1. The maximum atomic E-state index is 12.3. The second-order valence-corrected chi connectivity index (χ2v) is 7.29. The van der Waals surface area contributed by atoms with Crippen molar-refractivity contribution in [3.05, 3.63) is 64.6 Å². The van der Waals surface area contributed by atoms with E-state index in [0.29, 0.717) is 18.5 Å². The van der Waals surface area contributed by atoms with Crippen molar-refractivity contribution in [3.63, 3.8) is 0 Å². The molecule has 2 atom stereocenters. The summed E-state index contributed by atoms with van der Waals surface area (Å²) in [5, 5.41) is 12.1. The highest BCUT2D eigenvalue weighted by atomic mass is 16.5. The summed E-state index contributed by atoms with van der Waals surface area (Å²) in [5.41, 5.74) is 5.68. The van der Waals surface area contributed by atoms with Crippen LogP contribution in [0.1, 0.15) is 44.9 Å². The number of H-pyrrole nitrogens is 1. The predicted molar refractivity (Wildman–Crippen MR) is 101 cm³/mol. The number of aliphatic hydroxyl groups excluding tert-OH is 1. The van der Waals surface area contributed by atoms with Gasteiger partial charge in [-0.1, -0.05) is 18.2 Å². The molecule has 4 heterocycles. The number of hydrogen-bond donors (Lipinski definition) is 2. The van der Waals surface area contributed by atoms with E-state index < -0.39 is 12.1 Å². The zero-order valence-electron chi connectivity index (χ0n) is 15.1. The standard InChI is InChI=1S/C21H21N3O3/c1-27-21(26)16-10-22-9-15-14(16)8-18-20-13(6-7-24(18)11-19(15)25)12-4-2-3-5-17(12)23-20/h2-5,9-10,18-19,23,25H,6-8,11H2,1H3/t18-,19+/m0/s1. The van der Waals surface area contributed by atoms with Gasteiger partial charge in [-0.3, -0.25) is 9.88 Å². The normalized spacial score (nSPS) is 21.9. The van der Waals surface area contributed by atoms with E-state index in [2.05, 4.69) is 33.1 Å². The Hall–Kier alpha value is -2.70. The van der Waals surface area contributed by atoms with Crippen molar-refractivity contribution in [2.24, 2.45) is 0 Å². The smallest absolute Gasteiger partial charge is 0.339 e. The molecule has 0 spiro atoms. The Labute approximate surface area is 156 Å². The van der Waals surface area contributed by atoms with Gasteiger partial charge in [0, 0.05) is 47.6 Å². The van der Waals surface area contributed by atoms with Crippen molar-refractivity contribution in [2.75, 3.05) is 20.2 Å². The van der Waals surface area contributed by atoms with E-state index in [9.17, 15) is 9.90 Å². The lowest BCUT2D eigenvalue weighted by atomic mass is 9.91. The number of esters is 1. The van der Waals surface area contributed by atoms with Gasteiger partial charge >= 0.3 is 5.97 Å². The van der Waals surface area contributed by atoms with Gasteiger partial charge in [0.15, 0.2) is 0 Å². The number of para-hydroxylation sites is 1. The molecule has 1 aromatic carbocycles. The van der Waals surface area contributed by atoms with Crippen LogP contribution in [0.5, 0.6) is 0 Å². The van der Waals surface area contributed by atoms with Crippen LogP contribution in [0.15, 0.2) is 36.7 Å². The van der Waals surface area contributed by atoms with Crippen LogP contribution in [-0.4, -0.2) is 46.1 Å². The van der Waals surface area contributed by atoms with Gasteiger partial charge in [-0.15, -0.1) is 0 Å². The maximum Gasteiger partial charge on any atom is 0.339 e. The minimum absolute atomic E-state index is 0.0860. The molecule has 0 amide bonds. The van der Waals surface area contributed by atoms with E-state index in [1.54, 1.807) is 12.4 Å². The number of rotatable bonds is 1. The van der Waals surface area contributed by atoms with Gasteiger partial charge in [-0.2, -0.15) is 0 Å². The summed E-state index contributed by atoms with van der Waals surface area (Å²) in [5.74, 6) is -0.410. The third kappa shape index (κ3) is 2.48. The van der Waals surface area contributed by atoms with Crippen LogP contribution < -0.4 is 0 Å². The minimum Gasteiger partial charge on any atom is -0.465 e. The Morgan fingerprint density at radius 3 is 3.00 bits per heavy atom. The Morgan fingerprint density at radius 2 is 2.15 bits per heavy atom. The van der Waals surface area contributed by atoms with Crippen molar-refractivity contribution >= 4 is 16.9 Å². The lowest BCUT2D eigenvalue weighted by Crippen LogP contribution is -2.37. The van der Waals surface area contributed by atoms with Gasteiger partial charge in [-0.05, 0) is 30.0 Å². The largest absolute Gasteiger partial charge is 0.465 e. The molecule has 2 aliphatic rings. The van der Waals surface area contributed by atoms with Crippen LogP contribution >= 0.6 is 0 Å². The van der Waals surface area contributed by atoms with Crippen LogP contribution in [-0.2, 0) is 17.6 Å². The van der Waals surface area contributed by atoms with Crippen LogP contribution in [0, 0.1) is 0 Å². The van der Waals surface area contributed by atoms with E-state index in [4.69, 9.17) is 4.74 Å². The second kappa shape index (κ2) is 6.18. The Bertz CT molecular complexity index is 1040. The zero-order chi connectivity index (χ0) is 18.5. The third-order valence-electron chi connectivity index (χ3n) is 5.93. The molecular formula is C21H21N3O3. The van der Waals surface area contributed by atoms with Gasteiger partial charge in [-0.25, -0.2) is 4.79 Å². The number of aromatic amines is 1. The number of nitrogens with zero attached hydrogens (tertiary/aromatic N) is 2. The number of benzene rings is 1. The predicted octanol–water partition coefficient (Wildman–Crippen LogP) is 2.54. The number of aliphatic hydroxyl groups is 1. The fourth-order valence-corrected chi connectivity index (χ4v) is 4.64. The second-order valence-electron chi connectivity index (χ2n) is 7.29. The van der Waals surface area contributed by atoms with Crippen molar-refractivity contribution < 1.29 is 14.6 Å². The Balaban J connectivity index is 1.67. The monoisotopic (exact) mass is 363 g/mol. The van der Waals surface area contributed by atoms with E-state index in [1.807, 2.05) is 6.07 Å². The summed E-state index contributed by atoms with van der Waals surface area (Å²) in [6, 6.07) is 8.44. The first kappa shape index (κ1) is 16.5. The molecule has 5 rings (SSSR count). The number of carbonyl (C=O) groups is 1. The highest BCUT2D eigenvalue weighted by molar-refractivity contribution is 5.91. The molecule has 6 heteroatoms. The molecule has 0 radical (unpaired) electrons. The van der Waals surface area contributed by atoms with Crippen LogP contribution in [0.3, 0.4) is 0 Å². The maximum absolute atomic E-state index is 12.3. The number of aromatic nitrogens is 2. The van der Waals surface area contributed by atoms with E-state index >= 15 is 0 Å². The lowest BCUT2D eigenvalue weighted by molar-refractivity contribution is 0.0598. The van der Waals surface area contributed by atoms with Crippen molar-refractivity contribution in [3.8, 4) is 0 Å². The summed E-state index contributed by atoms with van der Waals surface area (Å²) in [7, 11) is 1.37. The van der Waals surface area contributed by atoms with E-state index in [-0.39, 0.29) is 6.04 Å². The molecule has 27 heavy (non-hydrogen) atoms. The fourth-order valence-electron chi connectivity index (χ4n) is 4.64. The lowest BCUT2D eigenvalue weighted by Gasteiger charge is -2.35. The number of ether oxygens (including phenoxy) is 1. The molecule has 138 valence electrons. The number of nitrogens with one attached hydrogen (secondary N) is 1. The molecule has 3 aromatic rings. The van der Waals surface area contributed by atoms with Gasteiger partial charge < -0.3 is 14.8 Å². The van der Waals surface area contributed by atoms with Gasteiger partial charge in [0.25, 0.3) is 0 Å². The van der Waals surface area contributed by atoms with Gasteiger partial charge in [0.05, 0.1) is 24.8 Å². The topological polar surface area (TPSA) is 78.5 Å². The molecule has 0 aliphatic carbocycles. The first-order chi connectivity index (χ1) is 13.2. The molecule has 2 N–H and O–H groups in total. The molecule has 2 aliphatic heterocycles. The summed E-state index contributed by atoms with van der Waals surface area (Å²) in [4.78, 5) is 22.4. The van der Waals surface area contributed by atoms with Crippen LogP contribution in [0.2, 0.25) is 0 Å². The van der Waals surface area contributed by atoms with Crippen LogP contribution in [0.4, 0.5) is 0 Å². The summed E-state index contributed by atoms with van der Waals surface area (Å²) < 4.78 is 4.95. The number of fused-ring (bicyclic) bond motifs is 6. The molecule has 0 unspecified atom stereocenters. The molecule has 0 bridgehead atoms. The highest BCUT2D eigenvalue weighted by Gasteiger charge is 2.36. The average molecular weight is 363 g/mol. The highest BCUT2D eigenvalue weighted by Crippen LogP contribution is 2.40. The van der Waals surface area contributed by atoms with E-state index in [1.165, 1.54) is 23.8 Å². The Kier molecular flexibility index (Phi) is 3.77. The number of pyridine rings is 1. The van der Waals surface area contributed by atoms with Crippen molar-refractivity contribution in [1.82, 2.24) is 14.9 Å². The van der Waals surface area contributed by atoms with Crippen molar-refractivity contribution in [2.45, 2.75) is 25.0 Å². The number of methoxy groups -OCH3 is 1. The van der Waals surface area contributed by atoms with Crippen molar-refractivity contribution in [1.29, 1.82) is 0 Å². The molecule has 0 saturated carbocycles. The molecule has 6 nitrogen and oxygen atoms in total. The fraction of sp³-hybridized carbons (Fsp3) is 0.333. The third-order valence-corrected chi connectivity index (χ3v) is 5.93. The summed E-state index contributed by atoms with van der Waals surface area (Å²) >= 11 is 0. The number of hydrogen-bond acceptors (Lipinski definition) is 5.